The Morgan fingerprint density at radius 3 is 2.49 bits per heavy atom. The summed E-state index contributed by atoms with van der Waals surface area (Å²) < 4.78 is 13.5. The molecule has 0 radical (unpaired) electrons. The Morgan fingerprint density at radius 1 is 1.19 bits per heavy atom. The summed E-state index contributed by atoms with van der Waals surface area (Å²) in [5.41, 5.74) is 12.1. The van der Waals surface area contributed by atoms with Crippen LogP contribution < -0.4 is 5.73 Å². The maximum atomic E-state index is 13.5. The van der Waals surface area contributed by atoms with Gasteiger partial charge >= 0.3 is 0 Å². The van der Waals surface area contributed by atoms with Gasteiger partial charge in [-0.05, 0) is 120 Å². The standard InChI is InChI=1S/C31H40ClN3OS/c1-5-22(23-9-12-26(13-10-23)37(4,36)25-7-6-8-25)11-14-27(29-18-35-19-30(34)31(29)32)28-16-24(17-33)20(2)15-21(28)3/h14-16,18-19,22-23,26H,5-13,34H2,1-4H3/b27-14+. The second kappa shape index (κ2) is 11.6. The Morgan fingerprint density at radius 2 is 1.89 bits per heavy atom. The van der Waals surface area contributed by atoms with Crippen LogP contribution in [0.15, 0.2) is 30.6 Å². The lowest BCUT2D eigenvalue weighted by atomic mass is 9.76. The lowest BCUT2D eigenvalue weighted by Crippen LogP contribution is -2.34. The molecule has 1 aromatic heterocycles. The van der Waals surface area contributed by atoms with Gasteiger partial charge in [0.1, 0.15) is 0 Å². The summed E-state index contributed by atoms with van der Waals surface area (Å²) in [7, 11) is -1.81. The van der Waals surface area contributed by atoms with Crippen LogP contribution in [0, 0.1) is 37.0 Å². The first-order valence-corrected chi connectivity index (χ1v) is 16.0. The summed E-state index contributed by atoms with van der Waals surface area (Å²) in [5, 5.41) is 10.6. The molecule has 37 heavy (non-hydrogen) atoms. The zero-order valence-electron chi connectivity index (χ0n) is 22.6. The van der Waals surface area contributed by atoms with Crippen LogP contribution in [0.5, 0.6) is 0 Å². The van der Waals surface area contributed by atoms with Crippen molar-refractivity contribution in [2.24, 2.45) is 11.8 Å². The molecule has 1 aromatic carbocycles. The van der Waals surface area contributed by atoms with Crippen LogP contribution in [0.2, 0.25) is 5.02 Å². The highest BCUT2D eigenvalue weighted by atomic mass is 35.5. The molecular formula is C31H40ClN3OS. The summed E-state index contributed by atoms with van der Waals surface area (Å²) in [4.78, 5) is 5.67. The Labute approximate surface area is 228 Å². The number of hydrogen-bond acceptors (Lipinski definition) is 4. The second-order valence-corrected chi connectivity index (χ2v) is 14.5. The highest BCUT2D eigenvalue weighted by Gasteiger charge is 2.32. The van der Waals surface area contributed by atoms with Crippen LogP contribution in [0.25, 0.3) is 5.57 Å². The Bertz CT molecular complexity index is 1350. The number of nitrogens with zero attached hydrogens (tertiary/aromatic N) is 2. The average molecular weight is 538 g/mol. The number of nitrogen functional groups attached to an aromatic ring is 1. The molecule has 4 nitrogen and oxygen atoms in total. The van der Waals surface area contributed by atoms with E-state index >= 15 is 0 Å². The molecule has 0 aliphatic heterocycles. The van der Waals surface area contributed by atoms with E-state index in [0.29, 0.717) is 33.4 Å². The van der Waals surface area contributed by atoms with E-state index in [4.69, 9.17) is 17.3 Å². The number of allylic oxidation sites excluding steroid dienone is 1. The van der Waals surface area contributed by atoms with Gasteiger partial charge in [-0.1, -0.05) is 37.1 Å². The van der Waals surface area contributed by atoms with Crippen molar-refractivity contribution in [1.29, 1.82) is 5.26 Å². The van der Waals surface area contributed by atoms with E-state index in [-0.39, 0.29) is 0 Å². The number of hydrogen-bond donors (Lipinski definition) is 1. The van der Waals surface area contributed by atoms with E-state index < -0.39 is 9.52 Å². The smallest absolute Gasteiger partial charge is 0.0994 e. The lowest BCUT2D eigenvalue weighted by Gasteiger charge is -2.36. The van der Waals surface area contributed by atoms with Gasteiger partial charge in [-0.3, -0.25) is 9.19 Å². The van der Waals surface area contributed by atoms with Gasteiger partial charge in [0.15, 0.2) is 0 Å². The fourth-order valence-corrected chi connectivity index (χ4v) is 9.15. The molecule has 2 aliphatic carbocycles. The van der Waals surface area contributed by atoms with Crippen LogP contribution in [0.1, 0.15) is 92.5 Å². The first-order chi connectivity index (χ1) is 17.7. The van der Waals surface area contributed by atoms with Crippen LogP contribution in [-0.2, 0) is 9.52 Å². The van der Waals surface area contributed by atoms with Crippen molar-refractivity contribution in [2.75, 3.05) is 12.0 Å². The zero-order chi connectivity index (χ0) is 26.7. The number of nitrogens with two attached hydrogens (primary N) is 1. The van der Waals surface area contributed by atoms with Gasteiger partial charge < -0.3 is 5.73 Å². The number of aryl methyl sites for hydroxylation is 2. The molecule has 4 rings (SSSR count). The number of aromatic nitrogens is 1. The summed E-state index contributed by atoms with van der Waals surface area (Å²) in [6.07, 6.45) is 17.5. The van der Waals surface area contributed by atoms with Gasteiger partial charge in [0.05, 0.1) is 28.5 Å². The number of anilines is 1. The summed E-state index contributed by atoms with van der Waals surface area (Å²) >= 11 is 6.69. The molecule has 198 valence electrons. The minimum absolute atomic E-state index is 0.361. The molecule has 2 aromatic rings. The molecule has 6 heteroatoms. The Hall–Kier alpha value is -2.29. The van der Waals surface area contributed by atoms with Gasteiger partial charge in [0.25, 0.3) is 0 Å². The molecule has 2 N–H and O–H groups in total. The van der Waals surface area contributed by atoms with Crippen LogP contribution >= 0.6 is 11.6 Å². The highest BCUT2D eigenvalue weighted by molar-refractivity contribution is 8.02. The van der Waals surface area contributed by atoms with Crippen molar-refractivity contribution >= 4 is 37.2 Å². The third kappa shape index (κ3) is 5.76. The molecule has 0 bridgehead atoms. The minimum atomic E-state index is -1.81. The van der Waals surface area contributed by atoms with Crippen LogP contribution in [0.4, 0.5) is 5.69 Å². The molecule has 1 heterocycles. The number of nitriles is 1. The van der Waals surface area contributed by atoms with Gasteiger partial charge in [0, 0.05) is 23.3 Å². The highest BCUT2D eigenvalue weighted by Crippen LogP contribution is 2.40. The molecule has 0 saturated heterocycles. The molecule has 2 fully saturated rings. The van der Waals surface area contributed by atoms with Crippen LogP contribution in [0.3, 0.4) is 0 Å². The summed E-state index contributed by atoms with van der Waals surface area (Å²) in [5.74, 6) is 1.16. The average Bonchev–Trinajstić information content (AvgIpc) is 2.83. The third-order valence-electron chi connectivity index (χ3n) is 8.83. The van der Waals surface area contributed by atoms with E-state index in [0.717, 1.165) is 79.2 Å². The van der Waals surface area contributed by atoms with Crippen molar-refractivity contribution in [2.45, 2.75) is 83.8 Å². The number of halogens is 1. The second-order valence-electron chi connectivity index (χ2n) is 11.0. The summed E-state index contributed by atoms with van der Waals surface area (Å²) in [6.45, 7) is 6.32. The fourth-order valence-electron chi connectivity index (χ4n) is 6.21. The maximum Gasteiger partial charge on any atom is 0.0994 e. The van der Waals surface area contributed by atoms with Crippen molar-refractivity contribution in [3.63, 3.8) is 0 Å². The zero-order valence-corrected chi connectivity index (χ0v) is 24.2. The topological polar surface area (TPSA) is 79.8 Å². The van der Waals surface area contributed by atoms with Gasteiger partial charge in [0.2, 0.25) is 0 Å². The van der Waals surface area contributed by atoms with Crippen molar-refractivity contribution in [3.8, 4) is 6.07 Å². The van der Waals surface area contributed by atoms with Gasteiger partial charge in [-0.25, -0.2) is 0 Å². The lowest BCUT2D eigenvalue weighted by molar-refractivity contribution is 0.245. The Kier molecular flexibility index (Phi) is 8.71. The third-order valence-corrected chi connectivity index (χ3v) is 12.6. The molecule has 2 unspecified atom stereocenters. The normalized spacial score (nSPS) is 22.6. The fraction of sp³-hybridized carbons (Fsp3) is 0.516. The van der Waals surface area contributed by atoms with Crippen molar-refractivity contribution in [3.05, 3.63) is 63.4 Å². The van der Waals surface area contributed by atoms with Gasteiger partial charge in [-0.15, -0.1) is 0 Å². The van der Waals surface area contributed by atoms with E-state index in [1.54, 1.807) is 12.4 Å². The SMILES string of the molecule is CCC(C/C=C(\c1cc(C#N)c(C)cc1C)c1cncc(N)c1Cl)C1CCC(S(C)(=O)=C2CCC2)CC1. The van der Waals surface area contributed by atoms with Crippen molar-refractivity contribution < 1.29 is 4.21 Å². The van der Waals surface area contributed by atoms with E-state index in [2.05, 4.69) is 37.0 Å². The number of benzene rings is 1. The quantitative estimate of drug-likeness (QED) is 0.371. The molecule has 2 saturated carbocycles. The minimum Gasteiger partial charge on any atom is -0.396 e. The molecule has 0 amide bonds. The van der Waals surface area contributed by atoms with Crippen LogP contribution in [-0.4, -0.2) is 25.6 Å². The van der Waals surface area contributed by atoms with Gasteiger partial charge in [-0.2, -0.15) is 5.26 Å². The maximum absolute atomic E-state index is 13.5. The largest absolute Gasteiger partial charge is 0.396 e. The van der Waals surface area contributed by atoms with Crippen molar-refractivity contribution in [1.82, 2.24) is 4.98 Å². The predicted octanol–water partition coefficient (Wildman–Crippen LogP) is 7.48. The van der Waals surface area contributed by atoms with E-state index in [9.17, 15) is 9.47 Å². The van der Waals surface area contributed by atoms with E-state index in [1.807, 2.05) is 19.2 Å². The monoisotopic (exact) mass is 537 g/mol. The Balaban J connectivity index is 1.62. The molecular weight excluding hydrogens is 498 g/mol. The molecule has 2 aliphatic rings. The summed E-state index contributed by atoms with van der Waals surface area (Å²) in [6, 6.07) is 6.37. The molecule has 0 spiro atoms. The number of rotatable bonds is 7. The first-order valence-electron chi connectivity index (χ1n) is 13.6. The molecule has 2 atom stereocenters. The predicted molar refractivity (Wildman–Crippen MR) is 158 cm³/mol. The van der Waals surface area contributed by atoms with E-state index in [1.165, 1.54) is 11.3 Å². The first kappa shape index (κ1) is 27.7. The number of pyridine rings is 1.